The molecule has 1 aromatic carbocycles. The quantitative estimate of drug-likeness (QED) is 0.866. The molecule has 4 nitrogen and oxygen atoms in total. The topological polar surface area (TPSA) is 43.8 Å². The molecular formula is C16H21FN2O2. The largest absolute Gasteiger partial charge is 0.478 e. The minimum atomic E-state index is -1.08. The fourth-order valence-electron chi connectivity index (χ4n) is 2.80. The molecular weight excluding hydrogens is 271 g/mol. The van der Waals surface area contributed by atoms with Crippen LogP contribution in [-0.4, -0.2) is 48.2 Å². The first-order valence-corrected chi connectivity index (χ1v) is 7.21. The van der Waals surface area contributed by atoms with E-state index in [4.69, 9.17) is 5.11 Å². The summed E-state index contributed by atoms with van der Waals surface area (Å²) in [6.07, 6.45) is 2.32. The molecule has 1 saturated heterocycles. The van der Waals surface area contributed by atoms with Crippen molar-refractivity contribution in [2.24, 2.45) is 0 Å². The first kappa shape index (κ1) is 15.5. The van der Waals surface area contributed by atoms with E-state index in [1.54, 1.807) is 6.07 Å². The van der Waals surface area contributed by atoms with Crippen LogP contribution in [0, 0.1) is 5.82 Å². The van der Waals surface area contributed by atoms with Crippen molar-refractivity contribution in [1.82, 2.24) is 4.90 Å². The van der Waals surface area contributed by atoms with E-state index in [1.807, 2.05) is 6.07 Å². The number of carboxylic acids is 1. The summed E-state index contributed by atoms with van der Waals surface area (Å²) in [7, 11) is 0. The lowest BCUT2D eigenvalue weighted by Crippen LogP contribution is -2.51. The lowest BCUT2D eigenvalue weighted by molar-refractivity contribution is -0.131. The highest BCUT2D eigenvalue weighted by atomic mass is 19.1. The molecule has 0 spiro atoms. The van der Waals surface area contributed by atoms with Gasteiger partial charge in [0.15, 0.2) is 0 Å². The van der Waals surface area contributed by atoms with Gasteiger partial charge in [0.1, 0.15) is 5.82 Å². The average molecular weight is 292 g/mol. The second-order valence-electron chi connectivity index (χ2n) is 5.27. The van der Waals surface area contributed by atoms with E-state index in [0.29, 0.717) is 11.6 Å². The summed E-state index contributed by atoms with van der Waals surface area (Å²) in [5.41, 5.74) is 1.10. The first-order chi connectivity index (χ1) is 10.0. The lowest BCUT2D eigenvalue weighted by Gasteiger charge is -2.41. The molecule has 1 atom stereocenters. The Kier molecular flexibility index (Phi) is 4.96. The maximum absolute atomic E-state index is 14.0. The fraction of sp³-hybridized carbons (Fsp3) is 0.438. The van der Waals surface area contributed by atoms with Crippen molar-refractivity contribution < 1.29 is 14.3 Å². The molecule has 1 unspecified atom stereocenters. The van der Waals surface area contributed by atoms with Gasteiger partial charge < -0.3 is 10.0 Å². The molecule has 2 rings (SSSR count). The van der Waals surface area contributed by atoms with Crippen LogP contribution in [0.25, 0.3) is 6.08 Å². The second kappa shape index (κ2) is 6.72. The van der Waals surface area contributed by atoms with E-state index in [9.17, 15) is 9.18 Å². The summed E-state index contributed by atoms with van der Waals surface area (Å²) in [5.74, 6) is -1.47. The van der Waals surface area contributed by atoms with Crippen molar-refractivity contribution in [3.8, 4) is 0 Å². The molecule has 1 N–H and O–H groups in total. The molecule has 21 heavy (non-hydrogen) atoms. The highest BCUT2D eigenvalue weighted by molar-refractivity contribution is 5.87. The Morgan fingerprint density at radius 1 is 1.48 bits per heavy atom. The summed E-state index contributed by atoms with van der Waals surface area (Å²) in [6.45, 7) is 7.85. The molecule has 1 aliphatic rings. The van der Waals surface area contributed by atoms with E-state index in [-0.39, 0.29) is 0 Å². The predicted octanol–water partition coefficient (Wildman–Crippen LogP) is 2.45. The number of aliphatic carboxylic acids is 1. The van der Waals surface area contributed by atoms with Gasteiger partial charge in [0.25, 0.3) is 0 Å². The molecule has 0 bridgehead atoms. The van der Waals surface area contributed by atoms with E-state index in [0.717, 1.165) is 37.9 Å². The van der Waals surface area contributed by atoms with Gasteiger partial charge >= 0.3 is 5.97 Å². The summed E-state index contributed by atoms with van der Waals surface area (Å²) >= 11 is 0. The molecule has 1 aliphatic heterocycles. The number of piperazine rings is 1. The minimum absolute atomic E-state index is 0.344. The minimum Gasteiger partial charge on any atom is -0.478 e. The molecule has 0 aromatic heterocycles. The third-order valence-electron chi connectivity index (χ3n) is 3.93. The molecule has 1 fully saturated rings. The van der Waals surface area contributed by atoms with Gasteiger partial charge in [-0.2, -0.15) is 0 Å². The number of halogens is 1. The summed E-state index contributed by atoms with van der Waals surface area (Å²) < 4.78 is 14.0. The summed E-state index contributed by atoms with van der Waals surface area (Å²) in [6, 6.07) is 5.26. The number of hydrogen-bond donors (Lipinski definition) is 1. The highest BCUT2D eigenvalue weighted by Gasteiger charge is 2.24. The maximum Gasteiger partial charge on any atom is 0.328 e. The molecule has 5 heteroatoms. The van der Waals surface area contributed by atoms with Crippen LogP contribution in [0.1, 0.15) is 19.4 Å². The summed E-state index contributed by atoms with van der Waals surface area (Å²) in [4.78, 5) is 15.2. The van der Waals surface area contributed by atoms with Crippen LogP contribution >= 0.6 is 0 Å². The molecule has 0 aliphatic carbocycles. The van der Waals surface area contributed by atoms with Gasteiger partial charge in [-0.25, -0.2) is 9.18 Å². The monoisotopic (exact) mass is 292 g/mol. The number of likely N-dealkylation sites (N-methyl/N-ethyl adjacent to an activating group) is 1. The average Bonchev–Trinajstić information content (AvgIpc) is 2.45. The van der Waals surface area contributed by atoms with E-state index < -0.39 is 11.8 Å². The number of anilines is 1. The molecule has 0 saturated carbocycles. The number of carbonyl (C=O) groups is 1. The standard InChI is InChI=1S/C16H21FN2O2/c1-3-18-9-10-19(11-12(18)2)15-6-4-5-14(17)13(15)7-8-16(20)21/h4-8,12H,3,9-11H2,1-2H3,(H,20,21)/b8-7+. The number of rotatable bonds is 4. The number of carboxylic acid groups (broad SMARTS) is 1. The van der Waals surface area contributed by atoms with Gasteiger partial charge in [-0.05, 0) is 31.7 Å². The Morgan fingerprint density at radius 3 is 2.86 bits per heavy atom. The van der Waals surface area contributed by atoms with Gasteiger partial charge in [-0.1, -0.05) is 13.0 Å². The summed E-state index contributed by atoms with van der Waals surface area (Å²) in [5, 5.41) is 8.75. The van der Waals surface area contributed by atoms with Gasteiger partial charge in [0.2, 0.25) is 0 Å². The van der Waals surface area contributed by atoms with Crippen molar-refractivity contribution in [2.45, 2.75) is 19.9 Å². The fourth-order valence-corrected chi connectivity index (χ4v) is 2.80. The molecule has 1 heterocycles. The number of nitrogens with zero attached hydrogens (tertiary/aromatic N) is 2. The van der Waals surface area contributed by atoms with Crippen LogP contribution in [0.5, 0.6) is 0 Å². The third kappa shape index (κ3) is 3.61. The molecule has 1 aromatic rings. The van der Waals surface area contributed by atoms with Crippen LogP contribution in [0.3, 0.4) is 0 Å². The van der Waals surface area contributed by atoms with E-state index in [2.05, 4.69) is 23.6 Å². The zero-order valence-corrected chi connectivity index (χ0v) is 12.4. The van der Waals surface area contributed by atoms with Crippen LogP contribution in [-0.2, 0) is 4.79 Å². The predicted molar refractivity (Wildman–Crippen MR) is 82.0 cm³/mol. The van der Waals surface area contributed by atoms with Gasteiger partial charge in [-0.15, -0.1) is 0 Å². The lowest BCUT2D eigenvalue weighted by atomic mass is 10.1. The Labute approximate surface area is 124 Å². The third-order valence-corrected chi connectivity index (χ3v) is 3.93. The van der Waals surface area contributed by atoms with Crippen molar-refractivity contribution in [1.29, 1.82) is 0 Å². The normalized spacial score (nSPS) is 20.1. The van der Waals surface area contributed by atoms with Crippen molar-refractivity contribution in [2.75, 3.05) is 31.1 Å². The SMILES string of the molecule is CCN1CCN(c2cccc(F)c2/C=C/C(=O)O)CC1C. The zero-order valence-electron chi connectivity index (χ0n) is 12.4. The van der Waals surface area contributed by atoms with Crippen LogP contribution in [0.2, 0.25) is 0 Å². The second-order valence-corrected chi connectivity index (χ2v) is 5.27. The Balaban J connectivity index is 2.28. The van der Waals surface area contributed by atoms with Gasteiger partial charge in [0, 0.05) is 43.0 Å². The molecule has 0 amide bonds. The zero-order chi connectivity index (χ0) is 15.4. The van der Waals surface area contributed by atoms with E-state index in [1.165, 1.54) is 12.1 Å². The van der Waals surface area contributed by atoms with Gasteiger partial charge in [-0.3, -0.25) is 4.90 Å². The van der Waals surface area contributed by atoms with Crippen molar-refractivity contribution in [3.05, 3.63) is 35.7 Å². The van der Waals surface area contributed by atoms with Crippen LogP contribution < -0.4 is 4.90 Å². The molecule has 0 radical (unpaired) electrons. The van der Waals surface area contributed by atoms with Crippen LogP contribution in [0.15, 0.2) is 24.3 Å². The Morgan fingerprint density at radius 2 is 2.24 bits per heavy atom. The first-order valence-electron chi connectivity index (χ1n) is 7.21. The van der Waals surface area contributed by atoms with Gasteiger partial charge in [0.05, 0.1) is 0 Å². The highest BCUT2D eigenvalue weighted by Crippen LogP contribution is 2.27. The Bertz CT molecular complexity index is 545. The number of hydrogen-bond acceptors (Lipinski definition) is 3. The molecule has 114 valence electrons. The van der Waals surface area contributed by atoms with E-state index >= 15 is 0 Å². The number of benzene rings is 1. The van der Waals surface area contributed by atoms with Crippen LogP contribution in [0.4, 0.5) is 10.1 Å². The maximum atomic E-state index is 14.0. The van der Waals surface area contributed by atoms with Crippen molar-refractivity contribution in [3.63, 3.8) is 0 Å². The smallest absolute Gasteiger partial charge is 0.328 e. The van der Waals surface area contributed by atoms with Crippen molar-refractivity contribution >= 4 is 17.7 Å². The Hall–Kier alpha value is -1.88.